The number of aryl methyl sites for hydroxylation is 1. The van der Waals surface area contributed by atoms with Crippen molar-refractivity contribution in [3.05, 3.63) is 77.3 Å². The minimum absolute atomic E-state index is 0.600. The van der Waals surface area contributed by atoms with Crippen LogP contribution in [0.4, 0.5) is 0 Å². The molecule has 3 heteroatoms. The predicted molar refractivity (Wildman–Crippen MR) is 95.4 cm³/mol. The predicted octanol–water partition coefficient (Wildman–Crippen LogP) is 4.55. The summed E-state index contributed by atoms with van der Waals surface area (Å²) >= 11 is 0. The van der Waals surface area contributed by atoms with Crippen LogP contribution in [0, 0.1) is 0 Å². The van der Waals surface area contributed by atoms with Gasteiger partial charge in [0.25, 0.3) is 0 Å². The van der Waals surface area contributed by atoms with Crippen molar-refractivity contribution in [1.29, 1.82) is 0 Å². The summed E-state index contributed by atoms with van der Waals surface area (Å²) in [5.74, 6) is 0. The minimum atomic E-state index is -1.40. The van der Waals surface area contributed by atoms with Crippen LogP contribution in [0.2, 0.25) is 19.6 Å². The van der Waals surface area contributed by atoms with E-state index in [1.165, 1.54) is 5.56 Å². The number of hydrogen-bond donors (Lipinski definition) is 1. The Bertz CT molecular complexity index is 602. The molecule has 0 saturated carbocycles. The summed E-state index contributed by atoms with van der Waals surface area (Å²) in [6.45, 7) is 6.88. The first-order valence-electron chi connectivity index (χ1n) is 7.80. The van der Waals surface area contributed by atoms with Gasteiger partial charge in [0, 0.05) is 6.20 Å². The smallest absolute Gasteiger partial charge is 0.117 e. The zero-order valence-electron chi connectivity index (χ0n) is 13.7. The fourth-order valence-corrected chi connectivity index (χ4v) is 3.92. The molecule has 0 aliphatic rings. The van der Waals surface area contributed by atoms with Gasteiger partial charge in [-0.2, -0.15) is 0 Å². The first-order valence-corrected chi connectivity index (χ1v) is 11.4. The summed E-state index contributed by atoms with van der Waals surface area (Å²) in [5.41, 5.74) is 5.45. The molecule has 0 radical (unpaired) electrons. The SMILES string of the molecule is C[Si](C)(C)/C=C(\CCc1ccccc1)C(O)c1ccccn1. The molecule has 2 aromatic rings. The molecule has 2 rings (SSSR count). The average molecular weight is 312 g/mol. The highest BCUT2D eigenvalue weighted by Crippen LogP contribution is 2.26. The van der Waals surface area contributed by atoms with Gasteiger partial charge in [0.1, 0.15) is 6.10 Å². The number of benzene rings is 1. The fraction of sp³-hybridized carbons (Fsp3) is 0.316. The molecule has 0 amide bonds. The zero-order chi connectivity index (χ0) is 16.0. The van der Waals surface area contributed by atoms with E-state index >= 15 is 0 Å². The molecule has 1 N–H and O–H groups in total. The van der Waals surface area contributed by atoms with E-state index in [2.05, 4.69) is 54.6 Å². The lowest BCUT2D eigenvalue weighted by molar-refractivity contribution is 0.206. The van der Waals surface area contributed by atoms with Crippen LogP contribution in [0.5, 0.6) is 0 Å². The highest BCUT2D eigenvalue weighted by molar-refractivity contribution is 6.81. The molecule has 0 spiro atoms. The van der Waals surface area contributed by atoms with E-state index in [1.54, 1.807) is 6.20 Å². The first-order chi connectivity index (χ1) is 10.5. The van der Waals surface area contributed by atoms with Crippen molar-refractivity contribution < 1.29 is 5.11 Å². The van der Waals surface area contributed by atoms with Crippen LogP contribution in [0.15, 0.2) is 66.0 Å². The van der Waals surface area contributed by atoms with Crippen LogP contribution < -0.4 is 0 Å². The number of aromatic nitrogens is 1. The van der Waals surface area contributed by atoms with Gasteiger partial charge in [0.05, 0.1) is 13.8 Å². The molecule has 0 fully saturated rings. The first kappa shape index (κ1) is 16.7. The van der Waals surface area contributed by atoms with E-state index in [4.69, 9.17) is 0 Å². The van der Waals surface area contributed by atoms with E-state index in [1.807, 2.05) is 24.3 Å². The molecular formula is C19H25NOSi. The van der Waals surface area contributed by atoms with Crippen molar-refractivity contribution in [2.45, 2.75) is 38.6 Å². The largest absolute Gasteiger partial charge is 0.382 e. The molecule has 22 heavy (non-hydrogen) atoms. The van der Waals surface area contributed by atoms with Gasteiger partial charge in [-0.1, -0.05) is 61.7 Å². The van der Waals surface area contributed by atoms with Gasteiger partial charge in [-0.25, -0.2) is 0 Å². The van der Waals surface area contributed by atoms with Crippen molar-refractivity contribution in [2.75, 3.05) is 0 Å². The summed E-state index contributed by atoms with van der Waals surface area (Å²) in [7, 11) is -1.40. The van der Waals surface area contributed by atoms with Crippen molar-refractivity contribution in [3.8, 4) is 0 Å². The van der Waals surface area contributed by atoms with Gasteiger partial charge >= 0.3 is 0 Å². The van der Waals surface area contributed by atoms with Crippen LogP contribution in [0.1, 0.15) is 23.8 Å². The lowest BCUT2D eigenvalue weighted by atomic mass is 10.00. The van der Waals surface area contributed by atoms with Crippen LogP contribution in [-0.2, 0) is 6.42 Å². The van der Waals surface area contributed by atoms with E-state index in [0.29, 0.717) is 0 Å². The third-order valence-corrected chi connectivity index (χ3v) is 4.72. The molecule has 1 unspecified atom stereocenters. The van der Waals surface area contributed by atoms with Gasteiger partial charge in [0.2, 0.25) is 0 Å². The van der Waals surface area contributed by atoms with Gasteiger partial charge in [-0.05, 0) is 36.1 Å². The molecule has 116 valence electrons. The molecule has 1 heterocycles. The molecule has 0 bridgehead atoms. The average Bonchev–Trinajstić information content (AvgIpc) is 2.51. The Morgan fingerprint density at radius 2 is 1.77 bits per heavy atom. The van der Waals surface area contributed by atoms with E-state index in [-0.39, 0.29) is 0 Å². The number of hydrogen-bond acceptors (Lipinski definition) is 2. The van der Waals surface area contributed by atoms with Gasteiger partial charge < -0.3 is 5.11 Å². The maximum Gasteiger partial charge on any atom is 0.117 e. The Morgan fingerprint density at radius 3 is 2.36 bits per heavy atom. The van der Waals surface area contributed by atoms with Crippen molar-refractivity contribution in [2.24, 2.45) is 0 Å². The number of nitrogens with zero attached hydrogens (tertiary/aromatic N) is 1. The molecule has 1 aromatic heterocycles. The van der Waals surface area contributed by atoms with Crippen LogP contribution in [0.3, 0.4) is 0 Å². The quantitative estimate of drug-likeness (QED) is 0.794. The fourth-order valence-electron chi connectivity index (χ4n) is 2.51. The Hall–Kier alpha value is -1.71. The Kier molecular flexibility index (Phi) is 5.69. The van der Waals surface area contributed by atoms with Crippen molar-refractivity contribution in [3.63, 3.8) is 0 Å². The second kappa shape index (κ2) is 7.52. The van der Waals surface area contributed by atoms with E-state index in [9.17, 15) is 5.11 Å². The van der Waals surface area contributed by atoms with Gasteiger partial charge in [-0.3, -0.25) is 4.98 Å². The molecule has 0 saturated heterocycles. The third kappa shape index (κ3) is 5.24. The summed E-state index contributed by atoms with van der Waals surface area (Å²) in [4.78, 5) is 4.31. The maximum atomic E-state index is 10.7. The van der Waals surface area contributed by atoms with Gasteiger partial charge in [-0.15, -0.1) is 0 Å². The molecule has 0 aliphatic carbocycles. The van der Waals surface area contributed by atoms with Crippen LogP contribution in [0.25, 0.3) is 0 Å². The lowest BCUT2D eigenvalue weighted by Gasteiger charge is -2.19. The summed E-state index contributed by atoms with van der Waals surface area (Å²) in [6.07, 6.45) is 2.95. The van der Waals surface area contributed by atoms with E-state index in [0.717, 1.165) is 24.1 Å². The van der Waals surface area contributed by atoms with Crippen LogP contribution >= 0.6 is 0 Å². The highest BCUT2D eigenvalue weighted by atomic mass is 28.3. The van der Waals surface area contributed by atoms with Crippen molar-refractivity contribution >= 4 is 8.07 Å². The molecular weight excluding hydrogens is 286 g/mol. The number of aliphatic hydroxyl groups is 1. The molecule has 0 aliphatic heterocycles. The van der Waals surface area contributed by atoms with Gasteiger partial charge in [0.15, 0.2) is 0 Å². The Labute approximate surface area is 134 Å². The number of rotatable bonds is 6. The summed E-state index contributed by atoms with van der Waals surface area (Å²) < 4.78 is 0. The molecule has 1 aromatic carbocycles. The second-order valence-electron chi connectivity index (χ2n) is 6.73. The minimum Gasteiger partial charge on any atom is -0.382 e. The standard InChI is InChI=1S/C19H25NOSi/c1-22(2,3)15-17(13-12-16-9-5-4-6-10-16)19(21)18-11-7-8-14-20-18/h4-11,14-15,19,21H,12-13H2,1-3H3/b17-15+. The lowest BCUT2D eigenvalue weighted by Crippen LogP contribution is -2.19. The van der Waals surface area contributed by atoms with Crippen molar-refractivity contribution in [1.82, 2.24) is 4.98 Å². The monoisotopic (exact) mass is 311 g/mol. The second-order valence-corrected chi connectivity index (χ2v) is 11.7. The summed E-state index contributed by atoms with van der Waals surface area (Å²) in [6, 6.07) is 16.1. The number of pyridine rings is 1. The summed E-state index contributed by atoms with van der Waals surface area (Å²) in [5, 5.41) is 10.7. The van der Waals surface area contributed by atoms with Crippen LogP contribution in [-0.4, -0.2) is 18.2 Å². The molecule has 2 nitrogen and oxygen atoms in total. The maximum absolute atomic E-state index is 10.7. The normalized spacial score (nSPS) is 13.9. The number of aliphatic hydroxyl groups excluding tert-OH is 1. The Morgan fingerprint density at radius 1 is 1.09 bits per heavy atom. The zero-order valence-corrected chi connectivity index (χ0v) is 14.7. The highest BCUT2D eigenvalue weighted by Gasteiger charge is 2.19. The third-order valence-electron chi connectivity index (χ3n) is 3.48. The molecule has 1 atom stereocenters. The van der Waals surface area contributed by atoms with E-state index < -0.39 is 14.2 Å². The topological polar surface area (TPSA) is 33.1 Å². The Balaban J connectivity index is 2.18.